The number of carbonyl (C=O) groups excluding carboxylic acids is 2. The number of amides is 1. The van der Waals surface area contributed by atoms with Gasteiger partial charge in [0.05, 0.1) is 54.5 Å². The fourth-order valence-electron chi connectivity index (χ4n) is 5.19. The van der Waals surface area contributed by atoms with Crippen LogP contribution in [-0.2, 0) is 22.6 Å². The lowest BCUT2D eigenvalue weighted by Gasteiger charge is -2.20. The molecule has 1 atom stereocenters. The van der Waals surface area contributed by atoms with Gasteiger partial charge in [-0.3, -0.25) is 9.59 Å². The average Bonchev–Trinajstić information content (AvgIpc) is 3.30. The van der Waals surface area contributed by atoms with Crippen molar-refractivity contribution in [2.75, 3.05) is 6.61 Å². The molecule has 1 aliphatic carbocycles. The summed E-state index contributed by atoms with van der Waals surface area (Å²) in [5.74, 6) is -1.20. The lowest BCUT2D eigenvalue weighted by molar-refractivity contribution is -0.139. The number of fused-ring (bicyclic) bond motifs is 2. The Morgan fingerprint density at radius 2 is 2.10 bits per heavy atom. The number of rotatable bonds is 7. The quantitative estimate of drug-likeness (QED) is 0.308. The van der Waals surface area contributed by atoms with E-state index in [9.17, 15) is 14.0 Å². The van der Waals surface area contributed by atoms with E-state index in [1.165, 1.54) is 27.9 Å². The van der Waals surface area contributed by atoms with Gasteiger partial charge in [-0.2, -0.15) is 15.4 Å². The smallest absolute Gasteiger partial charge is 0.313 e. The Balaban J connectivity index is 1.28. The number of hydrogen-bond donors (Lipinski definition) is 1. The number of esters is 1. The third kappa shape index (κ3) is 4.20. The summed E-state index contributed by atoms with van der Waals surface area (Å²) >= 11 is 6.03. The van der Waals surface area contributed by atoms with Crippen molar-refractivity contribution in [3.05, 3.63) is 82.3 Å². The zero-order chi connectivity index (χ0) is 26.7. The fraction of sp³-hybridized carbons (Fsp3) is 0.308. The van der Waals surface area contributed by atoms with E-state index in [1.54, 1.807) is 6.20 Å². The van der Waals surface area contributed by atoms with E-state index < -0.39 is 11.7 Å². The van der Waals surface area contributed by atoms with Gasteiger partial charge in [-0.1, -0.05) is 11.6 Å². The molecular formula is C26H22ClFN8O3. The number of aromatic amines is 1. The first-order valence-corrected chi connectivity index (χ1v) is 13.0. The summed E-state index contributed by atoms with van der Waals surface area (Å²) in [6.07, 6.45) is 11.1. The van der Waals surface area contributed by atoms with Gasteiger partial charge in [0.2, 0.25) is 0 Å². The molecule has 11 nitrogen and oxygen atoms in total. The van der Waals surface area contributed by atoms with Crippen LogP contribution in [0.3, 0.4) is 0 Å². The third-order valence-electron chi connectivity index (χ3n) is 7.29. The molecule has 0 spiro atoms. The molecular weight excluding hydrogens is 527 g/mol. The Kier molecular flexibility index (Phi) is 5.58. The van der Waals surface area contributed by atoms with E-state index in [1.807, 2.05) is 16.8 Å². The Bertz CT molecular complexity index is 1740. The van der Waals surface area contributed by atoms with Gasteiger partial charge in [-0.25, -0.2) is 14.4 Å². The number of H-pyrrole nitrogens is 1. The summed E-state index contributed by atoms with van der Waals surface area (Å²) in [5.41, 5.74) is 3.86. The molecule has 1 unspecified atom stereocenters. The normalized spacial score (nSPS) is 17.3. The zero-order valence-electron chi connectivity index (χ0n) is 20.5. The van der Waals surface area contributed by atoms with Gasteiger partial charge in [0, 0.05) is 24.2 Å². The van der Waals surface area contributed by atoms with Crippen molar-refractivity contribution in [2.45, 2.75) is 44.2 Å². The highest BCUT2D eigenvalue weighted by molar-refractivity contribution is 6.31. The van der Waals surface area contributed by atoms with Crippen molar-refractivity contribution >= 4 is 34.6 Å². The second-order valence-electron chi connectivity index (χ2n) is 9.92. The number of hydrogen-bond acceptors (Lipinski definition) is 7. The summed E-state index contributed by atoms with van der Waals surface area (Å²) in [4.78, 5) is 36.6. The van der Waals surface area contributed by atoms with E-state index >= 15 is 0 Å². The summed E-state index contributed by atoms with van der Waals surface area (Å²) in [7, 11) is 0. The fourth-order valence-corrected chi connectivity index (χ4v) is 5.34. The molecule has 13 heteroatoms. The molecule has 7 rings (SSSR count). The molecule has 0 radical (unpaired) electrons. The van der Waals surface area contributed by atoms with Crippen molar-refractivity contribution < 1.29 is 18.7 Å². The minimum Gasteiger partial charge on any atom is -0.465 e. The third-order valence-corrected chi connectivity index (χ3v) is 7.59. The van der Waals surface area contributed by atoms with Gasteiger partial charge in [-0.15, -0.1) is 0 Å². The van der Waals surface area contributed by atoms with Crippen molar-refractivity contribution in [3.63, 3.8) is 0 Å². The number of nitrogens with zero attached hydrogens (tertiary/aromatic N) is 7. The van der Waals surface area contributed by atoms with Crippen LogP contribution in [0.5, 0.6) is 0 Å². The summed E-state index contributed by atoms with van der Waals surface area (Å²) < 4.78 is 23.6. The molecule has 0 aromatic carbocycles. The van der Waals surface area contributed by atoms with Crippen LogP contribution < -0.4 is 0 Å². The van der Waals surface area contributed by atoms with Crippen LogP contribution in [-0.4, -0.2) is 57.6 Å². The molecule has 0 bridgehead atoms. The van der Waals surface area contributed by atoms with Gasteiger partial charge in [0.25, 0.3) is 5.91 Å². The van der Waals surface area contributed by atoms with Gasteiger partial charge in [0.15, 0.2) is 11.5 Å². The number of carbonyl (C=O) groups is 2. The van der Waals surface area contributed by atoms with Crippen molar-refractivity contribution in [1.29, 1.82) is 0 Å². The van der Waals surface area contributed by atoms with Crippen molar-refractivity contribution in [3.8, 4) is 0 Å². The predicted octanol–water partition coefficient (Wildman–Crippen LogP) is 3.64. The first-order valence-electron chi connectivity index (χ1n) is 12.6. The second-order valence-corrected chi connectivity index (χ2v) is 10.3. The maximum absolute atomic E-state index is 14.9. The van der Waals surface area contributed by atoms with E-state index in [0.717, 1.165) is 24.0 Å². The van der Waals surface area contributed by atoms with Crippen LogP contribution in [0.25, 0.3) is 11.2 Å². The number of halogens is 2. The van der Waals surface area contributed by atoms with Crippen LogP contribution in [0.2, 0.25) is 5.02 Å². The molecule has 1 aliphatic heterocycles. The Labute approximate surface area is 225 Å². The van der Waals surface area contributed by atoms with Gasteiger partial charge < -0.3 is 18.4 Å². The minimum atomic E-state index is -0.617. The highest BCUT2D eigenvalue weighted by atomic mass is 35.5. The number of pyridine rings is 2. The highest BCUT2D eigenvalue weighted by Gasteiger charge is 2.33. The molecule has 1 amide bonds. The molecule has 2 aliphatic rings. The predicted molar refractivity (Wildman–Crippen MR) is 136 cm³/mol. The Morgan fingerprint density at radius 3 is 2.85 bits per heavy atom. The Hall–Kier alpha value is -4.32. The number of ether oxygens (including phenoxy) is 1. The summed E-state index contributed by atoms with van der Waals surface area (Å²) in [6.45, 7) is 0.445. The van der Waals surface area contributed by atoms with Crippen LogP contribution >= 0.6 is 11.6 Å². The minimum absolute atomic E-state index is 0.0253. The van der Waals surface area contributed by atoms with Crippen molar-refractivity contribution in [2.24, 2.45) is 0 Å². The van der Waals surface area contributed by atoms with Crippen LogP contribution in [0.1, 0.15) is 64.1 Å². The van der Waals surface area contributed by atoms with Crippen LogP contribution in [0.4, 0.5) is 4.39 Å². The SMILES string of the molecule is O=C1OCCC1c1cc(C2CC2)cn2cc(CN(Cc3ncn4ccc(Cl)c(F)c34)C(=O)c3cn[nH]n3)nc12. The molecule has 5 aromatic rings. The lowest BCUT2D eigenvalue weighted by Crippen LogP contribution is -2.31. The molecule has 39 heavy (non-hydrogen) atoms. The van der Waals surface area contributed by atoms with Crippen molar-refractivity contribution in [1.82, 2.24) is 39.1 Å². The molecule has 1 N–H and O–H groups in total. The zero-order valence-corrected chi connectivity index (χ0v) is 21.3. The number of nitrogens with one attached hydrogen (secondary N) is 1. The molecule has 1 saturated heterocycles. The molecule has 1 saturated carbocycles. The first kappa shape index (κ1) is 23.8. The summed E-state index contributed by atoms with van der Waals surface area (Å²) in [6, 6.07) is 3.51. The lowest BCUT2D eigenvalue weighted by atomic mass is 9.96. The maximum atomic E-state index is 14.9. The monoisotopic (exact) mass is 548 g/mol. The van der Waals surface area contributed by atoms with Crippen LogP contribution in [0, 0.1) is 5.82 Å². The summed E-state index contributed by atoms with van der Waals surface area (Å²) in [5, 5.41) is 10.1. The average molecular weight is 549 g/mol. The number of aromatic nitrogens is 7. The highest BCUT2D eigenvalue weighted by Crippen LogP contribution is 2.42. The van der Waals surface area contributed by atoms with Crippen LogP contribution in [0.15, 0.2) is 43.2 Å². The van der Waals surface area contributed by atoms with E-state index in [0.29, 0.717) is 36.0 Å². The maximum Gasteiger partial charge on any atom is 0.313 e. The second kappa shape index (κ2) is 9.16. The molecule has 5 aromatic heterocycles. The van der Waals surface area contributed by atoms with Gasteiger partial charge >= 0.3 is 5.97 Å². The number of cyclic esters (lactones) is 1. The van der Waals surface area contributed by atoms with E-state index in [4.69, 9.17) is 21.3 Å². The largest absolute Gasteiger partial charge is 0.465 e. The van der Waals surface area contributed by atoms with Gasteiger partial charge in [0.1, 0.15) is 11.2 Å². The standard InChI is InChI=1S/C26H22ClFN8O3/c27-19-3-5-34-13-29-21(23(34)22(19)28)12-36(25(37)20-8-30-33-32-20)11-16-10-35-9-15(14-1-2-14)7-18(24(35)31-16)17-4-6-39-26(17)38/h3,5,7-10,13-14,17H,1-2,4,6,11-12H2,(H,30,32,33). The van der Waals surface area contributed by atoms with E-state index in [-0.39, 0.29) is 41.2 Å². The molecule has 198 valence electrons. The Morgan fingerprint density at radius 1 is 1.23 bits per heavy atom. The topological polar surface area (TPSA) is 123 Å². The first-order chi connectivity index (χ1) is 19.0. The molecule has 2 fully saturated rings. The molecule has 6 heterocycles. The number of imidazole rings is 2. The van der Waals surface area contributed by atoms with E-state index in [2.05, 4.69) is 26.5 Å². The van der Waals surface area contributed by atoms with Gasteiger partial charge in [-0.05, 0) is 42.9 Å².